The lowest BCUT2D eigenvalue weighted by Crippen LogP contribution is -2.53. The van der Waals surface area contributed by atoms with Crippen LogP contribution in [0, 0.1) is 6.92 Å². The summed E-state index contributed by atoms with van der Waals surface area (Å²) in [5.74, 6) is -2.17. The number of nitrogens with zero attached hydrogens (tertiary/aromatic N) is 3. The van der Waals surface area contributed by atoms with Crippen molar-refractivity contribution >= 4 is 40.7 Å². The molecule has 0 aromatic heterocycles. The van der Waals surface area contributed by atoms with Crippen molar-refractivity contribution in [1.82, 2.24) is 9.80 Å². The highest BCUT2D eigenvalue weighted by Crippen LogP contribution is 2.38. The van der Waals surface area contributed by atoms with Gasteiger partial charge in [-0.3, -0.25) is 9.59 Å². The number of carbonyl (C=O) groups is 2. The van der Waals surface area contributed by atoms with Crippen LogP contribution in [0.3, 0.4) is 0 Å². The van der Waals surface area contributed by atoms with Gasteiger partial charge >= 0.3 is 12.1 Å². The van der Waals surface area contributed by atoms with Gasteiger partial charge in [-0.05, 0) is 55.3 Å². The predicted octanol–water partition coefficient (Wildman–Crippen LogP) is 5.19. The Morgan fingerprint density at radius 3 is 2.17 bits per heavy atom. The summed E-state index contributed by atoms with van der Waals surface area (Å²) in [6.07, 6.45) is -4.45. The van der Waals surface area contributed by atoms with Crippen LogP contribution in [0.5, 0.6) is 0 Å². The highest BCUT2D eigenvalue weighted by atomic mass is 35.5. The molecule has 1 fully saturated rings. The molecule has 0 saturated carbocycles. The van der Waals surface area contributed by atoms with E-state index in [-0.39, 0.29) is 32.1 Å². The maximum Gasteiger partial charge on any atom is 0.471 e. The van der Waals surface area contributed by atoms with Gasteiger partial charge in [0.25, 0.3) is 5.91 Å². The van der Waals surface area contributed by atoms with Crippen LogP contribution in [0.25, 0.3) is 0 Å². The molecule has 0 bridgehead atoms. The normalized spacial score (nSPS) is 20.5. The first kappa shape index (κ1) is 25.3. The van der Waals surface area contributed by atoms with Crippen LogP contribution in [-0.2, 0) is 15.2 Å². The van der Waals surface area contributed by atoms with E-state index in [4.69, 9.17) is 28.0 Å². The number of aryl methyl sites for hydroxylation is 1. The lowest BCUT2D eigenvalue weighted by atomic mass is 9.88. The van der Waals surface area contributed by atoms with Crippen LogP contribution in [0.4, 0.5) is 13.2 Å². The molecule has 11 heteroatoms. The van der Waals surface area contributed by atoms with Crippen molar-refractivity contribution in [3.8, 4) is 0 Å². The molecule has 1 unspecified atom stereocenters. The highest BCUT2D eigenvalue weighted by Gasteiger charge is 2.43. The minimum absolute atomic E-state index is 0.0307. The summed E-state index contributed by atoms with van der Waals surface area (Å²) >= 11 is 12.3. The van der Waals surface area contributed by atoms with E-state index in [1.807, 2.05) is 13.0 Å². The number of piperazine rings is 1. The first-order chi connectivity index (χ1) is 16.4. The highest BCUT2D eigenvalue weighted by molar-refractivity contribution is 6.34. The Kier molecular flexibility index (Phi) is 6.76. The van der Waals surface area contributed by atoms with Gasteiger partial charge in [0.05, 0.1) is 5.71 Å². The average molecular weight is 528 g/mol. The van der Waals surface area contributed by atoms with Gasteiger partial charge in [0, 0.05) is 53.8 Å². The zero-order chi connectivity index (χ0) is 25.5. The maximum atomic E-state index is 13.0. The Bertz CT molecular complexity index is 1190. The predicted molar refractivity (Wildman–Crippen MR) is 126 cm³/mol. The molecule has 2 aromatic rings. The lowest BCUT2D eigenvalue weighted by molar-refractivity contribution is -0.186. The lowest BCUT2D eigenvalue weighted by Gasteiger charge is -2.35. The van der Waals surface area contributed by atoms with Gasteiger partial charge in [0.2, 0.25) is 0 Å². The van der Waals surface area contributed by atoms with Gasteiger partial charge in [0.15, 0.2) is 5.60 Å². The van der Waals surface area contributed by atoms with E-state index in [1.54, 1.807) is 37.3 Å². The Labute approximate surface area is 210 Å². The van der Waals surface area contributed by atoms with Crippen LogP contribution in [0.2, 0.25) is 10.0 Å². The number of amides is 2. The minimum Gasteiger partial charge on any atom is -0.384 e. The van der Waals surface area contributed by atoms with Gasteiger partial charge in [-0.15, -0.1) is 0 Å². The molecule has 2 aromatic carbocycles. The quantitative estimate of drug-likeness (QED) is 0.551. The molecular weight excluding hydrogens is 506 g/mol. The topological polar surface area (TPSA) is 62.2 Å². The Balaban J connectivity index is 1.44. The van der Waals surface area contributed by atoms with E-state index in [1.165, 1.54) is 4.90 Å². The molecule has 0 aliphatic carbocycles. The van der Waals surface area contributed by atoms with Gasteiger partial charge in [-0.2, -0.15) is 13.2 Å². The fourth-order valence-electron chi connectivity index (χ4n) is 4.25. The SMILES string of the molecule is Cc1cc(C2=NOC(C)(c3cc(Cl)cc(Cl)c3)C2)ccc1C(=O)N1CCN(C(=O)C(F)(F)F)CC1. The maximum absolute atomic E-state index is 13.0. The molecule has 2 aliphatic heterocycles. The largest absolute Gasteiger partial charge is 0.471 e. The van der Waals surface area contributed by atoms with Crippen LogP contribution < -0.4 is 0 Å². The zero-order valence-corrected chi connectivity index (χ0v) is 20.5. The molecule has 1 saturated heterocycles. The number of hydrogen-bond acceptors (Lipinski definition) is 4. The van der Waals surface area contributed by atoms with Crippen molar-refractivity contribution in [1.29, 1.82) is 0 Å². The van der Waals surface area contributed by atoms with Crippen molar-refractivity contribution < 1.29 is 27.6 Å². The fourth-order valence-corrected chi connectivity index (χ4v) is 4.78. The number of benzene rings is 2. The molecule has 35 heavy (non-hydrogen) atoms. The van der Waals surface area contributed by atoms with Crippen LogP contribution in [-0.4, -0.2) is 59.7 Å². The van der Waals surface area contributed by atoms with Crippen LogP contribution >= 0.6 is 23.2 Å². The molecule has 0 N–H and O–H groups in total. The number of oxime groups is 1. The Morgan fingerprint density at radius 2 is 1.60 bits per heavy atom. The number of halogens is 5. The molecule has 2 heterocycles. The third kappa shape index (κ3) is 5.26. The molecule has 0 radical (unpaired) electrons. The first-order valence-corrected chi connectivity index (χ1v) is 11.6. The van der Waals surface area contributed by atoms with Crippen molar-refractivity contribution in [2.45, 2.75) is 32.0 Å². The molecule has 1 atom stereocenters. The third-order valence-corrected chi connectivity index (χ3v) is 6.66. The van der Waals surface area contributed by atoms with Gasteiger partial charge in [0.1, 0.15) is 0 Å². The van der Waals surface area contributed by atoms with E-state index < -0.39 is 17.7 Å². The van der Waals surface area contributed by atoms with Gasteiger partial charge in [-0.1, -0.05) is 34.4 Å². The minimum atomic E-state index is -4.92. The number of hydrogen-bond donors (Lipinski definition) is 0. The number of rotatable bonds is 3. The monoisotopic (exact) mass is 527 g/mol. The molecule has 2 aliphatic rings. The summed E-state index contributed by atoms with van der Waals surface area (Å²) in [4.78, 5) is 32.3. The molecule has 2 amide bonds. The zero-order valence-electron chi connectivity index (χ0n) is 19.0. The van der Waals surface area contributed by atoms with E-state index in [0.717, 1.165) is 16.0 Å². The molecular formula is C24H22Cl2F3N3O3. The van der Waals surface area contributed by atoms with Gasteiger partial charge < -0.3 is 14.6 Å². The van der Waals surface area contributed by atoms with E-state index in [2.05, 4.69) is 5.16 Å². The van der Waals surface area contributed by atoms with Crippen molar-refractivity contribution in [3.05, 3.63) is 68.7 Å². The summed E-state index contributed by atoms with van der Waals surface area (Å²) in [5.41, 5.74) is 2.67. The van der Waals surface area contributed by atoms with E-state index in [0.29, 0.717) is 33.3 Å². The summed E-state index contributed by atoms with van der Waals surface area (Å²) in [6, 6.07) is 10.5. The fraction of sp³-hybridized carbons (Fsp3) is 0.375. The van der Waals surface area contributed by atoms with Crippen LogP contribution in [0.1, 0.15) is 40.4 Å². The molecule has 6 nitrogen and oxygen atoms in total. The summed E-state index contributed by atoms with van der Waals surface area (Å²) < 4.78 is 38.0. The van der Waals surface area contributed by atoms with E-state index in [9.17, 15) is 22.8 Å². The average Bonchev–Trinajstić information content (AvgIpc) is 3.20. The number of alkyl halides is 3. The molecule has 4 rings (SSSR count). The first-order valence-electron chi connectivity index (χ1n) is 10.9. The third-order valence-electron chi connectivity index (χ3n) is 6.22. The van der Waals surface area contributed by atoms with Crippen LogP contribution in [0.15, 0.2) is 41.6 Å². The van der Waals surface area contributed by atoms with E-state index >= 15 is 0 Å². The second kappa shape index (κ2) is 9.35. The second-order valence-corrected chi connectivity index (χ2v) is 9.68. The summed E-state index contributed by atoms with van der Waals surface area (Å²) in [6.45, 7) is 3.40. The summed E-state index contributed by atoms with van der Waals surface area (Å²) in [5, 5.41) is 5.24. The Morgan fingerprint density at radius 1 is 1.00 bits per heavy atom. The van der Waals surface area contributed by atoms with Crippen molar-refractivity contribution in [3.63, 3.8) is 0 Å². The number of carbonyl (C=O) groups excluding carboxylic acids is 2. The van der Waals surface area contributed by atoms with Crippen molar-refractivity contribution in [2.75, 3.05) is 26.2 Å². The summed E-state index contributed by atoms with van der Waals surface area (Å²) in [7, 11) is 0. The Hall–Kier alpha value is -2.78. The van der Waals surface area contributed by atoms with Crippen molar-refractivity contribution in [2.24, 2.45) is 5.16 Å². The molecule has 0 spiro atoms. The second-order valence-electron chi connectivity index (χ2n) is 8.81. The molecule has 186 valence electrons. The van der Waals surface area contributed by atoms with Gasteiger partial charge in [-0.25, -0.2) is 0 Å². The smallest absolute Gasteiger partial charge is 0.384 e. The standard InChI is InChI=1S/C24H22Cl2F3N3O3/c1-14-9-15(20-13-23(2,35-30-20)16-10-17(25)12-18(26)11-16)3-4-19(14)21(33)31-5-7-32(8-6-31)22(34)24(27,28)29/h3-4,9-12H,5-8,13H2,1-2H3.